The summed E-state index contributed by atoms with van der Waals surface area (Å²) < 4.78 is 69.2. The minimum atomic E-state index is -4.69. The summed E-state index contributed by atoms with van der Waals surface area (Å²) in [5.41, 5.74) is -0.00667. The lowest BCUT2D eigenvalue weighted by molar-refractivity contribution is -0.151. The highest BCUT2D eigenvalue weighted by Crippen LogP contribution is 2.45. The molecule has 0 unspecified atom stereocenters. The van der Waals surface area contributed by atoms with Gasteiger partial charge in [-0.15, -0.1) is 0 Å². The van der Waals surface area contributed by atoms with Crippen LogP contribution in [0, 0.1) is 0 Å². The van der Waals surface area contributed by atoms with Gasteiger partial charge in [0.15, 0.2) is 0 Å². The average molecular weight is 608 g/mol. The van der Waals surface area contributed by atoms with E-state index in [2.05, 4.69) is 0 Å². The molecule has 2 atom stereocenters. The van der Waals surface area contributed by atoms with Gasteiger partial charge in [-0.1, -0.05) is 23.7 Å². The Hall–Kier alpha value is -3.96. The molecule has 0 N–H and O–H groups in total. The molecule has 42 heavy (non-hydrogen) atoms. The standard InChI is InChI=1S/C30H29ClF3NO7/c1-5-41-26(36)15-25-29(37)35(16-17-9-11-19(38-2)14-24(17)40-4)22-12-10-18(30(32,33)34)13-21(22)28(42-25)20-7-6-8-23(39-3)27(20)31/h6-14,25,28H,5,15-16H2,1-4H3/t25-,28-/m1/s1. The number of anilines is 1. The summed E-state index contributed by atoms with van der Waals surface area (Å²) in [5.74, 6) is -0.235. The van der Waals surface area contributed by atoms with Crippen molar-refractivity contribution in [2.75, 3.05) is 32.8 Å². The third-order valence-corrected chi connectivity index (χ3v) is 7.15. The highest BCUT2D eigenvalue weighted by molar-refractivity contribution is 6.33. The second-order valence-corrected chi connectivity index (χ2v) is 9.63. The zero-order valence-electron chi connectivity index (χ0n) is 23.3. The van der Waals surface area contributed by atoms with Crippen molar-refractivity contribution in [3.8, 4) is 17.2 Å². The van der Waals surface area contributed by atoms with Crippen molar-refractivity contribution in [3.63, 3.8) is 0 Å². The number of nitrogens with zero attached hydrogens (tertiary/aromatic N) is 1. The Labute approximate surface area is 245 Å². The van der Waals surface area contributed by atoms with E-state index < -0.39 is 42.2 Å². The maximum absolute atomic E-state index is 14.1. The van der Waals surface area contributed by atoms with Gasteiger partial charge in [-0.2, -0.15) is 13.2 Å². The third-order valence-electron chi connectivity index (χ3n) is 6.75. The Balaban J connectivity index is 1.95. The van der Waals surface area contributed by atoms with Gasteiger partial charge >= 0.3 is 12.1 Å². The summed E-state index contributed by atoms with van der Waals surface area (Å²) in [6.07, 6.45) is -7.89. The van der Waals surface area contributed by atoms with Crippen LogP contribution in [-0.4, -0.2) is 45.9 Å². The highest BCUT2D eigenvalue weighted by atomic mass is 35.5. The molecule has 224 valence electrons. The first-order chi connectivity index (χ1) is 20.0. The smallest absolute Gasteiger partial charge is 0.416 e. The molecule has 12 heteroatoms. The Morgan fingerprint density at radius 3 is 2.36 bits per heavy atom. The van der Waals surface area contributed by atoms with Crippen LogP contribution in [0.1, 0.15) is 41.7 Å². The topological polar surface area (TPSA) is 83.5 Å². The van der Waals surface area contributed by atoms with Crippen LogP contribution < -0.4 is 19.1 Å². The van der Waals surface area contributed by atoms with Gasteiger partial charge in [0.05, 0.1) is 57.2 Å². The molecule has 0 bridgehead atoms. The molecule has 3 aromatic carbocycles. The first kappa shape index (κ1) is 31.0. The molecule has 0 aliphatic carbocycles. The van der Waals surface area contributed by atoms with E-state index in [1.54, 1.807) is 43.3 Å². The molecule has 8 nitrogen and oxygen atoms in total. The van der Waals surface area contributed by atoms with Crippen LogP contribution in [0.3, 0.4) is 0 Å². The van der Waals surface area contributed by atoms with Crippen molar-refractivity contribution in [1.29, 1.82) is 0 Å². The Morgan fingerprint density at radius 1 is 0.976 bits per heavy atom. The average Bonchev–Trinajstić information content (AvgIpc) is 3.07. The summed E-state index contributed by atoms with van der Waals surface area (Å²) >= 11 is 6.62. The predicted octanol–water partition coefficient (Wildman–Crippen LogP) is 6.36. The fraction of sp³-hybridized carbons (Fsp3) is 0.333. The first-order valence-electron chi connectivity index (χ1n) is 12.9. The van der Waals surface area contributed by atoms with E-state index in [9.17, 15) is 22.8 Å². The minimum Gasteiger partial charge on any atom is -0.497 e. The molecular formula is C30H29ClF3NO7. The normalized spacial score (nSPS) is 16.9. The Morgan fingerprint density at radius 2 is 1.71 bits per heavy atom. The molecule has 4 rings (SSSR count). The molecule has 1 aliphatic heterocycles. The molecule has 1 aliphatic rings. The monoisotopic (exact) mass is 607 g/mol. The van der Waals surface area contributed by atoms with Gasteiger partial charge < -0.3 is 28.6 Å². The maximum Gasteiger partial charge on any atom is 0.416 e. The van der Waals surface area contributed by atoms with Crippen LogP contribution >= 0.6 is 11.6 Å². The summed E-state index contributed by atoms with van der Waals surface area (Å²) in [7, 11) is 4.33. The van der Waals surface area contributed by atoms with E-state index in [4.69, 9.17) is 35.3 Å². The molecule has 0 saturated carbocycles. The van der Waals surface area contributed by atoms with Gasteiger partial charge in [-0.25, -0.2) is 0 Å². The molecular weight excluding hydrogens is 579 g/mol. The number of rotatable bonds is 9. The molecule has 0 aromatic heterocycles. The number of methoxy groups -OCH3 is 3. The van der Waals surface area contributed by atoms with Crippen molar-refractivity contribution in [2.45, 2.75) is 38.3 Å². The molecule has 0 fully saturated rings. The lowest BCUT2D eigenvalue weighted by atomic mass is 9.96. The predicted molar refractivity (Wildman–Crippen MR) is 148 cm³/mol. The lowest BCUT2D eigenvalue weighted by Gasteiger charge is -2.26. The van der Waals surface area contributed by atoms with Gasteiger partial charge in [0.1, 0.15) is 29.5 Å². The molecule has 1 amide bonds. The number of carbonyl (C=O) groups excluding carboxylic acids is 2. The van der Waals surface area contributed by atoms with E-state index in [1.165, 1.54) is 32.3 Å². The van der Waals surface area contributed by atoms with Crippen LogP contribution in [0.4, 0.5) is 18.9 Å². The SMILES string of the molecule is CCOC(=O)C[C@H]1O[C@H](c2cccc(OC)c2Cl)c2cc(C(F)(F)F)ccc2N(Cc2ccc(OC)cc2OC)C1=O. The lowest BCUT2D eigenvalue weighted by Crippen LogP contribution is -2.40. The number of esters is 1. The van der Waals surface area contributed by atoms with Crippen LogP contribution in [0.15, 0.2) is 54.6 Å². The quantitative estimate of drug-likeness (QED) is 0.262. The number of hydrogen-bond acceptors (Lipinski definition) is 7. The summed E-state index contributed by atoms with van der Waals surface area (Å²) in [4.78, 5) is 27.9. The van der Waals surface area contributed by atoms with Gasteiger partial charge in [-0.3, -0.25) is 9.59 Å². The number of alkyl halides is 3. The molecule has 1 heterocycles. The van der Waals surface area contributed by atoms with Gasteiger partial charge in [0.25, 0.3) is 5.91 Å². The van der Waals surface area contributed by atoms with Crippen LogP contribution in [0.5, 0.6) is 17.2 Å². The van der Waals surface area contributed by atoms with Gasteiger partial charge in [0, 0.05) is 22.8 Å². The fourth-order valence-electron chi connectivity index (χ4n) is 4.73. The number of hydrogen-bond donors (Lipinski definition) is 0. The van der Waals surface area contributed by atoms with E-state index in [0.29, 0.717) is 17.1 Å². The first-order valence-corrected chi connectivity index (χ1v) is 13.3. The number of ether oxygens (including phenoxy) is 5. The third kappa shape index (κ3) is 6.42. The Bertz CT molecular complexity index is 1460. The number of carbonyl (C=O) groups is 2. The van der Waals surface area contributed by atoms with Gasteiger partial charge in [0.2, 0.25) is 0 Å². The fourth-order valence-corrected chi connectivity index (χ4v) is 5.03. The number of halogens is 4. The van der Waals surface area contributed by atoms with Gasteiger partial charge in [-0.05, 0) is 43.3 Å². The van der Waals surface area contributed by atoms with Crippen molar-refractivity contribution in [1.82, 2.24) is 0 Å². The summed E-state index contributed by atoms with van der Waals surface area (Å²) in [6, 6.07) is 12.7. The molecule has 0 radical (unpaired) electrons. The zero-order valence-corrected chi connectivity index (χ0v) is 24.0. The molecule has 0 spiro atoms. The number of amides is 1. The largest absolute Gasteiger partial charge is 0.497 e. The highest BCUT2D eigenvalue weighted by Gasteiger charge is 2.41. The van der Waals surface area contributed by atoms with Crippen LogP contribution in [0.25, 0.3) is 0 Å². The van der Waals surface area contributed by atoms with E-state index >= 15 is 0 Å². The summed E-state index contributed by atoms with van der Waals surface area (Å²) in [5, 5.41) is 0.0842. The second-order valence-electron chi connectivity index (χ2n) is 9.25. The Kier molecular flexibility index (Phi) is 9.53. The number of benzene rings is 3. The molecule has 0 saturated heterocycles. The maximum atomic E-state index is 14.1. The molecule has 3 aromatic rings. The summed E-state index contributed by atoms with van der Waals surface area (Å²) in [6.45, 7) is 1.56. The van der Waals surface area contributed by atoms with E-state index in [1.807, 2.05) is 0 Å². The van der Waals surface area contributed by atoms with Crippen molar-refractivity contribution >= 4 is 29.2 Å². The van der Waals surface area contributed by atoms with Crippen molar-refractivity contribution in [3.05, 3.63) is 81.9 Å². The van der Waals surface area contributed by atoms with E-state index in [0.717, 1.165) is 12.1 Å². The minimum absolute atomic E-state index is 0.0205. The van der Waals surface area contributed by atoms with Crippen molar-refractivity contribution < 1.29 is 46.4 Å². The second kappa shape index (κ2) is 12.9. The van der Waals surface area contributed by atoms with Crippen LogP contribution in [-0.2, 0) is 31.8 Å². The van der Waals surface area contributed by atoms with Crippen molar-refractivity contribution in [2.24, 2.45) is 0 Å². The zero-order chi connectivity index (χ0) is 30.6. The van der Waals surface area contributed by atoms with Crippen LogP contribution in [0.2, 0.25) is 5.02 Å². The number of fused-ring (bicyclic) bond motifs is 1. The van der Waals surface area contributed by atoms with E-state index in [-0.39, 0.29) is 40.7 Å².